The Morgan fingerprint density at radius 3 is 2.52 bits per heavy atom. The van der Waals surface area contributed by atoms with Crippen molar-refractivity contribution in [3.63, 3.8) is 0 Å². The molecule has 0 unspecified atom stereocenters. The molecule has 2 N–H and O–H groups in total. The molecular formula is C14H13ClN2O3S. The van der Waals surface area contributed by atoms with Gasteiger partial charge >= 0.3 is 5.97 Å². The zero-order valence-corrected chi connectivity index (χ0v) is 12.8. The Kier molecular flexibility index (Phi) is 6.79. The van der Waals surface area contributed by atoms with Gasteiger partial charge in [-0.15, -0.1) is 11.8 Å². The fourth-order valence-electron chi connectivity index (χ4n) is 1.30. The first-order chi connectivity index (χ1) is 9.93. The van der Waals surface area contributed by atoms with Crippen molar-refractivity contribution in [3.05, 3.63) is 40.6 Å². The Hall–Kier alpha value is -1.97. The molecule has 0 aliphatic carbocycles. The number of rotatable bonds is 6. The summed E-state index contributed by atoms with van der Waals surface area (Å²) in [5.41, 5.74) is 5.30. The third-order valence-electron chi connectivity index (χ3n) is 2.32. The molecule has 0 radical (unpaired) electrons. The summed E-state index contributed by atoms with van der Waals surface area (Å²) in [6.07, 6.45) is 0. The second kappa shape index (κ2) is 8.35. The second-order valence-corrected chi connectivity index (χ2v) is 5.48. The molecule has 21 heavy (non-hydrogen) atoms. The summed E-state index contributed by atoms with van der Waals surface area (Å²) < 4.78 is 4.81. The molecule has 1 aromatic rings. The van der Waals surface area contributed by atoms with Crippen molar-refractivity contribution in [3.8, 4) is 6.07 Å². The first-order valence-corrected chi connectivity index (χ1v) is 7.24. The Balaban J connectivity index is 2.42. The minimum atomic E-state index is -0.609. The van der Waals surface area contributed by atoms with Gasteiger partial charge < -0.3 is 10.5 Å². The van der Waals surface area contributed by atoms with Crippen LogP contribution in [0, 0.1) is 11.3 Å². The topological polar surface area (TPSA) is 93.2 Å². The van der Waals surface area contributed by atoms with Gasteiger partial charge in [-0.2, -0.15) is 5.26 Å². The van der Waals surface area contributed by atoms with E-state index in [9.17, 15) is 9.59 Å². The van der Waals surface area contributed by atoms with Crippen LogP contribution in [0.1, 0.15) is 6.92 Å². The molecule has 1 aromatic carbocycles. The summed E-state index contributed by atoms with van der Waals surface area (Å²) in [5.74, 6) is -1.10. The Morgan fingerprint density at radius 1 is 1.38 bits per heavy atom. The van der Waals surface area contributed by atoms with Crippen molar-refractivity contribution in [1.29, 1.82) is 5.26 Å². The lowest BCUT2D eigenvalue weighted by Crippen LogP contribution is -2.18. The van der Waals surface area contributed by atoms with Gasteiger partial charge in [-0.1, -0.05) is 11.6 Å². The van der Waals surface area contributed by atoms with Crippen LogP contribution in [0.4, 0.5) is 0 Å². The van der Waals surface area contributed by atoms with Crippen LogP contribution in [0.15, 0.2) is 40.4 Å². The number of nitrogens with zero attached hydrogens (tertiary/aromatic N) is 1. The lowest BCUT2D eigenvalue weighted by atomic mass is 10.1. The number of nitrogens with two attached hydrogens (primary N) is 1. The largest absolute Gasteiger partial charge is 0.457 e. The summed E-state index contributed by atoms with van der Waals surface area (Å²) in [5, 5.41) is 9.35. The molecule has 0 bridgehead atoms. The van der Waals surface area contributed by atoms with Crippen LogP contribution in [-0.2, 0) is 14.3 Å². The molecule has 0 aromatic heterocycles. The summed E-state index contributed by atoms with van der Waals surface area (Å²) >= 11 is 7.01. The van der Waals surface area contributed by atoms with Crippen LogP contribution in [0.3, 0.4) is 0 Å². The molecular weight excluding hydrogens is 312 g/mol. The Morgan fingerprint density at radius 2 is 2.00 bits per heavy atom. The molecule has 0 aliphatic heterocycles. The number of thioether (sulfide) groups is 1. The SMILES string of the molecule is C/C(N)=C(/C#N)C(=O)COC(=O)CSc1ccc(Cl)cc1. The van der Waals surface area contributed by atoms with E-state index >= 15 is 0 Å². The number of esters is 1. The number of nitriles is 1. The molecule has 0 atom stereocenters. The van der Waals surface area contributed by atoms with E-state index in [1.165, 1.54) is 18.7 Å². The van der Waals surface area contributed by atoms with Crippen molar-refractivity contribution in [1.82, 2.24) is 0 Å². The maximum atomic E-state index is 11.6. The normalized spacial score (nSPS) is 11.3. The van der Waals surface area contributed by atoms with Gasteiger partial charge in [0.25, 0.3) is 0 Å². The number of Topliss-reactive ketones (excluding diaryl/α,β-unsaturated/α-hetero) is 1. The third kappa shape index (κ3) is 5.90. The summed E-state index contributed by atoms with van der Waals surface area (Å²) in [4.78, 5) is 23.9. The maximum absolute atomic E-state index is 11.6. The predicted molar refractivity (Wildman–Crippen MR) is 80.6 cm³/mol. The first kappa shape index (κ1) is 17.1. The highest BCUT2D eigenvalue weighted by molar-refractivity contribution is 8.00. The van der Waals surface area contributed by atoms with Crippen LogP contribution in [0.25, 0.3) is 0 Å². The standard InChI is InChI=1S/C14H13ClN2O3S/c1-9(17)12(6-16)13(18)7-20-14(19)8-21-11-4-2-10(15)3-5-11/h2-5H,7-8,17H2,1H3/b12-9+. The predicted octanol–water partition coefficient (Wildman–Crippen LogP) is 2.30. The lowest BCUT2D eigenvalue weighted by molar-refractivity contribution is -0.144. The maximum Gasteiger partial charge on any atom is 0.316 e. The lowest BCUT2D eigenvalue weighted by Gasteiger charge is -2.04. The smallest absolute Gasteiger partial charge is 0.316 e. The van der Waals surface area contributed by atoms with Crippen LogP contribution in [0.2, 0.25) is 5.02 Å². The van der Waals surface area contributed by atoms with Gasteiger partial charge in [0.1, 0.15) is 11.6 Å². The number of halogens is 1. The zero-order valence-electron chi connectivity index (χ0n) is 11.3. The first-order valence-electron chi connectivity index (χ1n) is 5.87. The van der Waals surface area contributed by atoms with Crippen LogP contribution >= 0.6 is 23.4 Å². The van der Waals surface area contributed by atoms with Crippen molar-refractivity contribution < 1.29 is 14.3 Å². The van der Waals surface area contributed by atoms with E-state index in [0.29, 0.717) is 5.02 Å². The number of hydrogen-bond acceptors (Lipinski definition) is 6. The van der Waals surface area contributed by atoms with Gasteiger partial charge in [-0.05, 0) is 31.2 Å². The highest BCUT2D eigenvalue weighted by Crippen LogP contribution is 2.20. The van der Waals surface area contributed by atoms with Crippen molar-refractivity contribution in [2.24, 2.45) is 5.73 Å². The van der Waals surface area contributed by atoms with E-state index in [0.717, 1.165) is 4.90 Å². The molecule has 0 spiro atoms. The number of ether oxygens (including phenoxy) is 1. The molecule has 1 rings (SSSR count). The van der Waals surface area contributed by atoms with Crippen molar-refractivity contribution in [2.75, 3.05) is 12.4 Å². The number of ketones is 1. The van der Waals surface area contributed by atoms with E-state index in [2.05, 4.69) is 0 Å². The van der Waals surface area contributed by atoms with Crippen LogP contribution < -0.4 is 5.73 Å². The van der Waals surface area contributed by atoms with Gasteiger partial charge in [0.2, 0.25) is 5.78 Å². The molecule has 0 amide bonds. The molecule has 0 aliphatic rings. The minimum Gasteiger partial charge on any atom is -0.457 e. The zero-order chi connectivity index (χ0) is 15.8. The van der Waals surface area contributed by atoms with Gasteiger partial charge in [0.05, 0.1) is 5.75 Å². The average molecular weight is 325 g/mol. The van der Waals surface area contributed by atoms with E-state index in [4.69, 9.17) is 27.3 Å². The van der Waals surface area contributed by atoms with Crippen LogP contribution in [-0.4, -0.2) is 24.1 Å². The summed E-state index contributed by atoms with van der Waals surface area (Å²) in [6.45, 7) is 0.951. The Labute approximate surface area is 131 Å². The highest BCUT2D eigenvalue weighted by atomic mass is 35.5. The van der Waals surface area contributed by atoms with Crippen molar-refractivity contribution in [2.45, 2.75) is 11.8 Å². The summed E-state index contributed by atoms with van der Waals surface area (Å²) in [6, 6.07) is 8.67. The fraction of sp³-hybridized carbons (Fsp3) is 0.214. The average Bonchev–Trinajstić information content (AvgIpc) is 2.45. The molecule has 5 nitrogen and oxygen atoms in total. The van der Waals surface area contributed by atoms with Gasteiger partial charge in [-0.3, -0.25) is 9.59 Å². The van der Waals surface area contributed by atoms with E-state index < -0.39 is 18.4 Å². The number of allylic oxidation sites excluding steroid dienone is 1. The van der Waals surface area contributed by atoms with Gasteiger partial charge in [0.15, 0.2) is 6.61 Å². The number of carbonyl (C=O) groups is 2. The fourth-order valence-corrected chi connectivity index (χ4v) is 2.13. The molecule has 0 heterocycles. The molecule has 0 fully saturated rings. The Bertz CT molecular complexity index is 602. The quantitative estimate of drug-likeness (QED) is 0.373. The van der Waals surface area contributed by atoms with Gasteiger partial charge in [0, 0.05) is 15.6 Å². The monoisotopic (exact) mass is 324 g/mol. The third-order valence-corrected chi connectivity index (χ3v) is 3.56. The van der Waals surface area contributed by atoms with Crippen molar-refractivity contribution >= 4 is 35.1 Å². The van der Waals surface area contributed by atoms with Crippen LogP contribution in [0.5, 0.6) is 0 Å². The summed E-state index contributed by atoms with van der Waals surface area (Å²) in [7, 11) is 0. The highest BCUT2D eigenvalue weighted by Gasteiger charge is 2.14. The minimum absolute atomic E-state index is 0.0577. The molecule has 110 valence electrons. The molecule has 0 saturated heterocycles. The van der Waals surface area contributed by atoms with E-state index in [1.807, 2.05) is 0 Å². The van der Waals surface area contributed by atoms with Gasteiger partial charge in [-0.25, -0.2) is 0 Å². The second-order valence-electron chi connectivity index (χ2n) is 4.00. The number of carbonyl (C=O) groups excluding carboxylic acids is 2. The van der Waals surface area contributed by atoms with E-state index in [1.54, 1.807) is 30.3 Å². The number of benzene rings is 1. The number of hydrogen-bond donors (Lipinski definition) is 1. The molecule has 7 heteroatoms. The molecule has 0 saturated carbocycles. The van der Waals surface area contributed by atoms with E-state index in [-0.39, 0.29) is 17.0 Å².